The molecule has 4 aliphatic rings. The van der Waals surface area contributed by atoms with Crippen molar-refractivity contribution in [1.82, 2.24) is 0 Å². The van der Waals surface area contributed by atoms with Gasteiger partial charge in [0.15, 0.2) is 0 Å². The average Bonchev–Trinajstić information content (AvgIpc) is 2.70. The zero-order chi connectivity index (χ0) is 15.7. The lowest BCUT2D eigenvalue weighted by Crippen LogP contribution is -2.54. The molecule has 3 fully saturated rings. The highest BCUT2D eigenvalue weighted by molar-refractivity contribution is 6.47. The van der Waals surface area contributed by atoms with Crippen molar-refractivity contribution in [1.29, 1.82) is 0 Å². The lowest BCUT2D eigenvalue weighted by molar-refractivity contribution is -0.148. The van der Waals surface area contributed by atoms with Crippen LogP contribution < -0.4 is 0 Å². The highest BCUT2D eigenvalue weighted by Crippen LogP contribution is 2.62. The van der Waals surface area contributed by atoms with E-state index in [9.17, 15) is 14.4 Å². The number of carbonyl (C=O) groups is 3. The molecule has 0 aromatic rings. The van der Waals surface area contributed by atoms with Crippen LogP contribution in [0.2, 0.25) is 0 Å². The van der Waals surface area contributed by atoms with Gasteiger partial charge >= 0.3 is 0 Å². The highest BCUT2D eigenvalue weighted by Gasteiger charge is 2.61. The fourth-order valence-electron chi connectivity index (χ4n) is 6.17. The fraction of sp³-hybridized carbons (Fsp3) is 0.737. The first kappa shape index (κ1) is 14.3. The van der Waals surface area contributed by atoms with Crippen LogP contribution in [0.4, 0.5) is 0 Å². The Morgan fingerprint density at radius 3 is 2.59 bits per heavy atom. The first-order valence-electron chi connectivity index (χ1n) is 8.71. The molecule has 22 heavy (non-hydrogen) atoms. The van der Waals surface area contributed by atoms with Crippen molar-refractivity contribution in [3.05, 3.63) is 11.6 Å². The molecule has 0 aromatic carbocycles. The van der Waals surface area contributed by atoms with Crippen molar-refractivity contribution in [3.63, 3.8) is 0 Å². The number of rotatable bonds is 0. The summed E-state index contributed by atoms with van der Waals surface area (Å²) in [6.07, 6.45) is 8.78. The number of allylic oxidation sites excluding steroid dienone is 2. The molecule has 0 radical (unpaired) electrons. The van der Waals surface area contributed by atoms with Gasteiger partial charge in [-0.2, -0.15) is 0 Å². The fourth-order valence-corrected chi connectivity index (χ4v) is 6.17. The Morgan fingerprint density at radius 1 is 1.05 bits per heavy atom. The zero-order valence-electron chi connectivity index (χ0n) is 13.5. The molecule has 4 aliphatic carbocycles. The number of Topliss-reactive ketones (excluding diaryl/α,β-unsaturated/α-hetero) is 2. The predicted octanol–water partition coefficient (Wildman–Crippen LogP) is 3.27. The van der Waals surface area contributed by atoms with Gasteiger partial charge in [-0.3, -0.25) is 14.4 Å². The molecule has 3 saturated carbocycles. The summed E-state index contributed by atoms with van der Waals surface area (Å²) >= 11 is 0. The van der Waals surface area contributed by atoms with Crippen LogP contribution in [0.25, 0.3) is 0 Å². The summed E-state index contributed by atoms with van der Waals surface area (Å²) in [5.74, 6) is 0.295. The molecule has 5 atom stereocenters. The smallest absolute Gasteiger partial charge is 0.222 e. The zero-order valence-corrected chi connectivity index (χ0v) is 13.5. The molecule has 0 aliphatic heterocycles. The second-order valence-electron chi connectivity index (χ2n) is 8.38. The molecule has 0 heterocycles. The number of hydrogen-bond acceptors (Lipinski definition) is 3. The molecule has 0 aromatic heterocycles. The molecule has 0 N–H and O–H groups in total. The van der Waals surface area contributed by atoms with E-state index in [1.54, 1.807) is 6.08 Å². The van der Waals surface area contributed by atoms with Gasteiger partial charge in [-0.05, 0) is 61.5 Å². The standard InChI is InChI=1S/C19H24O3/c1-18-8-4-3-5-11(18)6-7-12-13-9-14(20)17(22)19(13,2)10-15(21)16(12)18/h9,11-12,16H,3-8,10H2,1-2H3/t11?,12-,16+,18-,19-/m0/s1. The van der Waals surface area contributed by atoms with Crippen LogP contribution >= 0.6 is 0 Å². The summed E-state index contributed by atoms with van der Waals surface area (Å²) in [6.45, 7) is 4.11. The second-order valence-corrected chi connectivity index (χ2v) is 8.38. The molecule has 3 nitrogen and oxygen atoms in total. The first-order chi connectivity index (χ1) is 10.4. The Balaban J connectivity index is 1.79. The molecular weight excluding hydrogens is 276 g/mol. The Hall–Kier alpha value is -1.25. The lowest BCUT2D eigenvalue weighted by atomic mass is 9.46. The highest BCUT2D eigenvalue weighted by atomic mass is 16.2. The van der Waals surface area contributed by atoms with Crippen molar-refractivity contribution in [3.8, 4) is 0 Å². The van der Waals surface area contributed by atoms with Gasteiger partial charge in [0.25, 0.3) is 0 Å². The third-order valence-electron chi connectivity index (χ3n) is 7.31. The van der Waals surface area contributed by atoms with E-state index >= 15 is 0 Å². The quantitative estimate of drug-likeness (QED) is 0.645. The molecule has 3 heteroatoms. The van der Waals surface area contributed by atoms with Gasteiger partial charge in [0, 0.05) is 12.3 Å². The van der Waals surface area contributed by atoms with Crippen molar-refractivity contribution in [2.45, 2.75) is 58.8 Å². The Kier molecular flexibility index (Phi) is 2.87. The largest absolute Gasteiger partial charge is 0.299 e. The van der Waals surface area contributed by atoms with Crippen molar-refractivity contribution < 1.29 is 14.4 Å². The summed E-state index contributed by atoms with van der Waals surface area (Å²) in [5.41, 5.74) is 0.236. The van der Waals surface area contributed by atoms with Crippen LogP contribution in [0.5, 0.6) is 0 Å². The van der Waals surface area contributed by atoms with Crippen LogP contribution in [0.15, 0.2) is 11.6 Å². The molecule has 0 spiro atoms. The van der Waals surface area contributed by atoms with Gasteiger partial charge < -0.3 is 0 Å². The van der Waals surface area contributed by atoms with E-state index in [0.29, 0.717) is 5.92 Å². The third-order valence-corrected chi connectivity index (χ3v) is 7.31. The van der Waals surface area contributed by atoms with Crippen molar-refractivity contribution >= 4 is 17.3 Å². The molecule has 0 saturated heterocycles. The van der Waals surface area contributed by atoms with Gasteiger partial charge in [0.2, 0.25) is 11.6 Å². The van der Waals surface area contributed by atoms with Crippen LogP contribution in [-0.4, -0.2) is 17.3 Å². The molecule has 0 amide bonds. The van der Waals surface area contributed by atoms with Crippen molar-refractivity contribution in [2.24, 2.45) is 28.6 Å². The second kappa shape index (κ2) is 4.39. The number of fused-ring (bicyclic) bond motifs is 5. The van der Waals surface area contributed by atoms with Gasteiger partial charge in [0.1, 0.15) is 5.78 Å². The normalized spacial score (nSPS) is 47.6. The van der Waals surface area contributed by atoms with E-state index in [2.05, 4.69) is 6.92 Å². The molecule has 0 bridgehead atoms. The summed E-state index contributed by atoms with van der Waals surface area (Å²) in [6, 6.07) is 0. The number of hydrogen-bond donors (Lipinski definition) is 0. The first-order valence-corrected chi connectivity index (χ1v) is 8.71. The van der Waals surface area contributed by atoms with Gasteiger partial charge in [0.05, 0.1) is 5.41 Å². The molecular formula is C19H24O3. The Bertz CT molecular complexity index is 616. The van der Waals surface area contributed by atoms with E-state index in [1.807, 2.05) is 6.92 Å². The predicted molar refractivity (Wildman–Crippen MR) is 82.1 cm³/mol. The van der Waals surface area contributed by atoms with Gasteiger partial charge in [-0.15, -0.1) is 0 Å². The van der Waals surface area contributed by atoms with Crippen LogP contribution in [0.1, 0.15) is 58.8 Å². The van der Waals surface area contributed by atoms with Crippen LogP contribution in [-0.2, 0) is 14.4 Å². The minimum Gasteiger partial charge on any atom is -0.299 e. The number of ketones is 3. The average molecular weight is 300 g/mol. The molecule has 1 unspecified atom stereocenters. The van der Waals surface area contributed by atoms with E-state index in [0.717, 1.165) is 24.8 Å². The maximum atomic E-state index is 13.0. The number of carbonyl (C=O) groups excluding carboxylic acids is 3. The van der Waals surface area contributed by atoms with Gasteiger partial charge in [-0.1, -0.05) is 19.8 Å². The topological polar surface area (TPSA) is 51.2 Å². The summed E-state index contributed by atoms with van der Waals surface area (Å²) < 4.78 is 0. The SMILES string of the molecule is C[C@]12CC(=O)[C@H]3[C@@H](CCC4CCCC[C@@]43C)C1=CC(=O)C2=O. The summed E-state index contributed by atoms with van der Waals surface area (Å²) in [4.78, 5) is 37.2. The van der Waals surface area contributed by atoms with Gasteiger partial charge in [-0.25, -0.2) is 0 Å². The Morgan fingerprint density at radius 2 is 1.82 bits per heavy atom. The third kappa shape index (κ3) is 1.60. The van der Waals surface area contributed by atoms with E-state index in [4.69, 9.17) is 0 Å². The van der Waals surface area contributed by atoms with E-state index in [1.165, 1.54) is 19.3 Å². The Labute approximate surface area is 131 Å². The van der Waals surface area contributed by atoms with E-state index in [-0.39, 0.29) is 41.0 Å². The summed E-state index contributed by atoms with van der Waals surface area (Å²) in [5, 5.41) is 0. The minimum atomic E-state index is -0.826. The maximum absolute atomic E-state index is 13.0. The minimum absolute atomic E-state index is 0.0320. The van der Waals surface area contributed by atoms with E-state index < -0.39 is 5.41 Å². The van der Waals surface area contributed by atoms with Crippen LogP contribution in [0, 0.1) is 28.6 Å². The van der Waals surface area contributed by atoms with Crippen LogP contribution in [0.3, 0.4) is 0 Å². The maximum Gasteiger partial charge on any atom is 0.222 e. The summed E-state index contributed by atoms with van der Waals surface area (Å²) in [7, 11) is 0. The van der Waals surface area contributed by atoms with Crippen molar-refractivity contribution in [2.75, 3.05) is 0 Å². The molecule has 4 rings (SSSR count). The lowest BCUT2D eigenvalue weighted by Gasteiger charge is -2.56. The monoisotopic (exact) mass is 300 g/mol. The molecule has 118 valence electrons.